The van der Waals surface area contributed by atoms with Gasteiger partial charge in [-0.15, -0.1) is 0 Å². The van der Waals surface area contributed by atoms with Crippen LogP contribution in [-0.4, -0.2) is 63.3 Å². The van der Waals surface area contributed by atoms with E-state index < -0.39 is 17.6 Å². The van der Waals surface area contributed by atoms with E-state index in [4.69, 9.17) is 4.74 Å². The van der Waals surface area contributed by atoms with Gasteiger partial charge in [0.05, 0.1) is 5.56 Å². The zero-order chi connectivity index (χ0) is 23.8. The van der Waals surface area contributed by atoms with Gasteiger partial charge < -0.3 is 15.0 Å². The smallest absolute Gasteiger partial charge is 0.385 e. The van der Waals surface area contributed by atoms with Crippen molar-refractivity contribution in [3.8, 4) is 0 Å². The quantitative estimate of drug-likeness (QED) is 0.425. The van der Waals surface area contributed by atoms with E-state index in [2.05, 4.69) is 10.2 Å². The molecule has 0 aromatic heterocycles. The minimum Gasteiger partial charge on any atom is -0.385 e. The summed E-state index contributed by atoms with van der Waals surface area (Å²) in [5, 5.41) is 3.13. The Hall–Kier alpha value is -1.87. The van der Waals surface area contributed by atoms with E-state index in [9.17, 15) is 22.4 Å². The second-order valence-electron chi connectivity index (χ2n) is 9.19. The van der Waals surface area contributed by atoms with Crippen LogP contribution in [0.5, 0.6) is 0 Å². The monoisotopic (exact) mass is 473 g/mol. The van der Waals surface area contributed by atoms with Gasteiger partial charge in [-0.1, -0.05) is 0 Å². The number of benzene rings is 1. The predicted octanol–water partition coefficient (Wildman–Crippen LogP) is 4.46. The van der Waals surface area contributed by atoms with Crippen LogP contribution in [0.4, 0.5) is 23.2 Å². The summed E-state index contributed by atoms with van der Waals surface area (Å²) in [6.45, 7) is 4.25. The number of carbonyl (C=O) groups excluding carboxylic acids is 1. The van der Waals surface area contributed by atoms with Crippen LogP contribution in [0.15, 0.2) is 18.2 Å². The van der Waals surface area contributed by atoms with E-state index in [1.54, 1.807) is 7.11 Å². The average Bonchev–Trinajstić information content (AvgIpc) is 2.78. The molecule has 1 aromatic carbocycles. The van der Waals surface area contributed by atoms with Crippen LogP contribution in [0.3, 0.4) is 0 Å². The molecular formula is C24H35F4N3O2. The van der Waals surface area contributed by atoms with E-state index in [0.717, 1.165) is 64.2 Å². The Bertz CT molecular complexity index is 759. The molecule has 2 fully saturated rings. The van der Waals surface area contributed by atoms with Crippen molar-refractivity contribution < 1.29 is 27.1 Å². The molecule has 1 saturated carbocycles. The second-order valence-corrected chi connectivity index (χ2v) is 9.19. The molecule has 3 rings (SSSR count). The molecule has 33 heavy (non-hydrogen) atoms. The number of amides is 1. The van der Waals surface area contributed by atoms with Crippen LogP contribution >= 0.6 is 0 Å². The molecule has 9 heteroatoms. The highest BCUT2D eigenvalue weighted by Gasteiger charge is 2.32. The molecule has 0 unspecified atom stereocenters. The van der Waals surface area contributed by atoms with Crippen LogP contribution in [0.2, 0.25) is 0 Å². The Morgan fingerprint density at radius 3 is 2.42 bits per heavy atom. The average molecular weight is 474 g/mol. The summed E-state index contributed by atoms with van der Waals surface area (Å²) in [6, 6.07) is 3.03. The van der Waals surface area contributed by atoms with Crippen LogP contribution in [0, 0.1) is 11.7 Å². The maximum Gasteiger partial charge on any atom is 0.416 e. The number of carbonyl (C=O) groups is 1. The first kappa shape index (κ1) is 25.7. The summed E-state index contributed by atoms with van der Waals surface area (Å²) in [7, 11) is 1.64. The Labute approximate surface area is 193 Å². The highest BCUT2D eigenvalue weighted by Crippen LogP contribution is 2.33. The number of anilines is 1. The fourth-order valence-corrected chi connectivity index (χ4v) is 4.79. The molecule has 0 bridgehead atoms. The van der Waals surface area contributed by atoms with E-state index in [1.165, 1.54) is 6.07 Å². The van der Waals surface area contributed by atoms with Crippen molar-refractivity contribution in [2.45, 2.75) is 57.2 Å². The Morgan fingerprint density at radius 2 is 1.79 bits per heavy atom. The third-order valence-corrected chi connectivity index (χ3v) is 6.77. The number of methoxy groups -OCH3 is 1. The summed E-state index contributed by atoms with van der Waals surface area (Å²) in [5.41, 5.74) is -0.647. The number of nitrogens with one attached hydrogen (secondary N) is 1. The van der Waals surface area contributed by atoms with Gasteiger partial charge in [-0.05, 0) is 69.2 Å². The lowest BCUT2D eigenvalue weighted by Gasteiger charge is -2.37. The second kappa shape index (κ2) is 12.0. The summed E-state index contributed by atoms with van der Waals surface area (Å²) < 4.78 is 57.7. The molecule has 0 radical (unpaired) electrons. The summed E-state index contributed by atoms with van der Waals surface area (Å²) in [5.74, 6) is -0.111. The molecule has 1 heterocycles. The van der Waals surface area contributed by atoms with Gasteiger partial charge in [0.1, 0.15) is 5.82 Å². The molecule has 1 aliphatic heterocycles. The fraction of sp³-hybridized carbons (Fsp3) is 0.708. The standard InChI is InChI=1S/C24H35F4N3O2/c1-33-14-2-3-23(32)29-21-6-4-18(5-7-21)8-9-30-10-12-31(13-11-30)22-16-19(24(26,27)28)15-20(25)17-22/h15-18,21H,2-14H2,1H3,(H,29,32). The number of ether oxygens (including phenoxy) is 1. The van der Waals surface area contributed by atoms with E-state index in [1.807, 2.05) is 4.90 Å². The number of hydrogen-bond donors (Lipinski definition) is 1. The lowest BCUT2D eigenvalue weighted by Crippen LogP contribution is -2.47. The number of halogens is 4. The molecule has 1 saturated heterocycles. The van der Waals surface area contributed by atoms with Gasteiger partial charge in [0.15, 0.2) is 0 Å². The van der Waals surface area contributed by atoms with Crippen molar-refractivity contribution in [1.82, 2.24) is 10.2 Å². The third kappa shape index (κ3) is 8.14. The van der Waals surface area contributed by atoms with Crippen LogP contribution in [0.25, 0.3) is 0 Å². The van der Waals surface area contributed by atoms with E-state index in [0.29, 0.717) is 43.8 Å². The van der Waals surface area contributed by atoms with Crippen molar-refractivity contribution in [2.75, 3.05) is 51.3 Å². The summed E-state index contributed by atoms with van der Waals surface area (Å²) in [6.07, 6.45) is 2.02. The van der Waals surface area contributed by atoms with Crippen LogP contribution in [-0.2, 0) is 15.7 Å². The molecule has 1 aromatic rings. The first-order valence-corrected chi connectivity index (χ1v) is 11.9. The minimum absolute atomic E-state index is 0.106. The van der Waals surface area contributed by atoms with Crippen molar-refractivity contribution in [1.29, 1.82) is 0 Å². The van der Waals surface area contributed by atoms with Gasteiger partial charge in [-0.25, -0.2) is 4.39 Å². The number of piperazine rings is 1. The number of hydrogen-bond acceptors (Lipinski definition) is 4. The molecular weight excluding hydrogens is 438 g/mol. The molecule has 0 spiro atoms. The zero-order valence-electron chi connectivity index (χ0n) is 19.3. The summed E-state index contributed by atoms with van der Waals surface area (Å²) in [4.78, 5) is 16.1. The molecule has 1 N–H and O–H groups in total. The molecule has 1 aliphatic carbocycles. The normalized spacial score (nSPS) is 22.4. The van der Waals surface area contributed by atoms with Gasteiger partial charge >= 0.3 is 6.18 Å². The number of rotatable bonds is 9. The van der Waals surface area contributed by atoms with Crippen molar-refractivity contribution in [2.24, 2.45) is 5.92 Å². The first-order chi connectivity index (χ1) is 15.7. The van der Waals surface area contributed by atoms with Crippen molar-refractivity contribution in [3.05, 3.63) is 29.6 Å². The van der Waals surface area contributed by atoms with E-state index >= 15 is 0 Å². The highest BCUT2D eigenvalue weighted by molar-refractivity contribution is 5.76. The molecule has 1 amide bonds. The lowest BCUT2D eigenvalue weighted by molar-refractivity contribution is -0.137. The van der Waals surface area contributed by atoms with Gasteiger partial charge in [-0.2, -0.15) is 13.2 Å². The van der Waals surface area contributed by atoms with Gasteiger partial charge in [-0.3, -0.25) is 9.69 Å². The maximum atomic E-state index is 13.7. The molecule has 186 valence electrons. The molecule has 5 nitrogen and oxygen atoms in total. The molecule has 2 aliphatic rings. The van der Waals surface area contributed by atoms with E-state index in [-0.39, 0.29) is 11.9 Å². The Kier molecular flexibility index (Phi) is 9.37. The highest BCUT2D eigenvalue weighted by atomic mass is 19.4. The van der Waals surface area contributed by atoms with Crippen molar-refractivity contribution >= 4 is 11.6 Å². The summed E-state index contributed by atoms with van der Waals surface area (Å²) >= 11 is 0. The van der Waals surface area contributed by atoms with Gasteiger partial charge in [0.25, 0.3) is 0 Å². The van der Waals surface area contributed by atoms with Gasteiger partial charge in [0.2, 0.25) is 5.91 Å². The fourth-order valence-electron chi connectivity index (χ4n) is 4.79. The molecule has 0 atom stereocenters. The minimum atomic E-state index is -4.55. The Morgan fingerprint density at radius 1 is 1.09 bits per heavy atom. The maximum absolute atomic E-state index is 13.7. The Balaban J connectivity index is 1.36. The van der Waals surface area contributed by atoms with Crippen LogP contribution in [0.1, 0.15) is 50.5 Å². The topological polar surface area (TPSA) is 44.8 Å². The SMILES string of the molecule is COCCCC(=O)NC1CCC(CCN2CCN(c3cc(F)cc(C(F)(F)F)c3)CC2)CC1. The third-order valence-electron chi connectivity index (χ3n) is 6.77. The van der Waals surface area contributed by atoms with Crippen LogP contribution < -0.4 is 10.2 Å². The first-order valence-electron chi connectivity index (χ1n) is 11.9. The zero-order valence-corrected chi connectivity index (χ0v) is 19.3. The largest absolute Gasteiger partial charge is 0.416 e. The number of nitrogens with zero attached hydrogens (tertiary/aromatic N) is 2. The lowest BCUT2D eigenvalue weighted by atomic mass is 9.84. The van der Waals surface area contributed by atoms with Gasteiger partial charge in [0, 0.05) is 58.0 Å². The van der Waals surface area contributed by atoms with Crippen molar-refractivity contribution in [3.63, 3.8) is 0 Å². The number of alkyl halides is 3. The predicted molar refractivity (Wildman–Crippen MR) is 120 cm³/mol.